The summed E-state index contributed by atoms with van der Waals surface area (Å²) in [5.74, 6) is 0.963. The first kappa shape index (κ1) is 15.6. The first-order valence-electron chi connectivity index (χ1n) is 8.04. The van der Waals surface area contributed by atoms with Gasteiger partial charge in [-0.3, -0.25) is 0 Å². The van der Waals surface area contributed by atoms with Gasteiger partial charge >= 0.3 is 6.03 Å². The Labute approximate surface area is 135 Å². The molecule has 3 N–H and O–H groups in total. The zero-order valence-corrected chi connectivity index (χ0v) is 13.0. The van der Waals surface area contributed by atoms with Gasteiger partial charge in [0.15, 0.2) is 0 Å². The van der Waals surface area contributed by atoms with Crippen LogP contribution in [0.1, 0.15) is 35.8 Å². The van der Waals surface area contributed by atoms with Crippen LogP contribution in [0.4, 0.5) is 4.79 Å². The van der Waals surface area contributed by atoms with Crippen LogP contribution in [0.15, 0.2) is 47.1 Å². The van der Waals surface area contributed by atoms with Crippen LogP contribution in [0.5, 0.6) is 0 Å². The van der Waals surface area contributed by atoms with Gasteiger partial charge in [0.1, 0.15) is 5.76 Å². The van der Waals surface area contributed by atoms with Crippen LogP contribution in [0, 0.1) is 0 Å². The van der Waals surface area contributed by atoms with E-state index < -0.39 is 0 Å². The molecule has 0 saturated carbocycles. The standard InChI is InChI=1S/C18H22N2O3/c21-12-14(11-13-5-2-1-3-6-13)19-18(22)20-16-7-4-8-17-15(16)9-10-23-17/h1-3,5-6,9-10,14,16,21H,4,7-8,11-12H2,(H2,19,20,22)/t14-,16-/m0/s1. The zero-order valence-electron chi connectivity index (χ0n) is 13.0. The van der Waals surface area contributed by atoms with Gasteiger partial charge < -0.3 is 20.2 Å². The number of aliphatic hydroxyl groups is 1. The van der Waals surface area contributed by atoms with Gasteiger partial charge in [0.2, 0.25) is 0 Å². The summed E-state index contributed by atoms with van der Waals surface area (Å²) < 4.78 is 5.44. The molecule has 1 aromatic carbocycles. The average molecular weight is 314 g/mol. The van der Waals surface area contributed by atoms with Crippen molar-refractivity contribution in [3.05, 3.63) is 59.5 Å². The molecule has 0 aliphatic heterocycles. The largest absolute Gasteiger partial charge is 0.469 e. The number of fused-ring (bicyclic) bond motifs is 1. The molecule has 1 aliphatic carbocycles. The predicted octanol–water partition coefficient (Wildman–Crippen LogP) is 2.56. The fraction of sp³-hybridized carbons (Fsp3) is 0.389. The SMILES string of the molecule is O=C(N[C@H](CO)Cc1ccccc1)N[C@H]1CCCc2occc21. The summed E-state index contributed by atoms with van der Waals surface area (Å²) in [6.07, 6.45) is 5.11. The number of amides is 2. The molecule has 122 valence electrons. The number of aliphatic hydroxyl groups excluding tert-OH is 1. The van der Waals surface area contributed by atoms with Gasteiger partial charge in [-0.25, -0.2) is 4.79 Å². The van der Waals surface area contributed by atoms with Crippen LogP contribution in [0.3, 0.4) is 0 Å². The molecular weight excluding hydrogens is 292 g/mol. The van der Waals surface area contributed by atoms with Crippen molar-refractivity contribution in [2.24, 2.45) is 0 Å². The van der Waals surface area contributed by atoms with Crippen LogP contribution >= 0.6 is 0 Å². The molecule has 2 amide bonds. The van der Waals surface area contributed by atoms with Crippen LogP contribution < -0.4 is 10.6 Å². The lowest BCUT2D eigenvalue weighted by Crippen LogP contribution is -2.46. The van der Waals surface area contributed by atoms with Crippen molar-refractivity contribution in [1.29, 1.82) is 0 Å². The molecule has 0 radical (unpaired) electrons. The lowest BCUT2D eigenvalue weighted by Gasteiger charge is -2.24. The summed E-state index contributed by atoms with van der Waals surface area (Å²) >= 11 is 0. The molecule has 0 unspecified atom stereocenters. The minimum atomic E-state index is -0.301. The number of urea groups is 1. The molecule has 1 heterocycles. The summed E-state index contributed by atoms with van der Waals surface area (Å²) in [7, 11) is 0. The van der Waals surface area contributed by atoms with Crippen LogP contribution in [0.2, 0.25) is 0 Å². The van der Waals surface area contributed by atoms with Crippen molar-refractivity contribution in [3.8, 4) is 0 Å². The third-order valence-corrected chi connectivity index (χ3v) is 4.24. The third kappa shape index (κ3) is 3.93. The quantitative estimate of drug-likeness (QED) is 0.794. The lowest BCUT2D eigenvalue weighted by molar-refractivity contribution is 0.212. The van der Waals surface area contributed by atoms with Crippen LogP contribution in [-0.4, -0.2) is 23.8 Å². The molecule has 1 aromatic heterocycles. The van der Waals surface area contributed by atoms with Crippen molar-refractivity contribution in [1.82, 2.24) is 10.6 Å². The highest BCUT2D eigenvalue weighted by molar-refractivity contribution is 5.75. The highest BCUT2D eigenvalue weighted by atomic mass is 16.3. The number of carbonyl (C=O) groups is 1. The number of furan rings is 1. The van der Waals surface area contributed by atoms with Crippen molar-refractivity contribution in [2.45, 2.75) is 37.8 Å². The minimum Gasteiger partial charge on any atom is -0.469 e. The molecule has 3 rings (SSSR count). The Morgan fingerprint density at radius 1 is 1.30 bits per heavy atom. The summed E-state index contributed by atoms with van der Waals surface area (Å²) in [4.78, 5) is 12.2. The Kier molecular flexibility index (Phi) is 4.98. The van der Waals surface area contributed by atoms with Crippen LogP contribution in [0.25, 0.3) is 0 Å². The van der Waals surface area contributed by atoms with E-state index in [0.717, 1.165) is 36.1 Å². The molecular formula is C18H22N2O3. The molecule has 0 spiro atoms. The van der Waals surface area contributed by atoms with Crippen molar-refractivity contribution < 1.29 is 14.3 Å². The maximum atomic E-state index is 12.2. The number of rotatable bonds is 5. The Morgan fingerprint density at radius 3 is 2.91 bits per heavy atom. The maximum absolute atomic E-state index is 12.2. The fourth-order valence-electron chi connectivity index (χ4n) is 3.08. The van der Waals surface area contributed by atoms with E-state index in [-0.39, 0.29) is 24.7 Å². The molecule has 2 aromatic rings. The number of hydrogen-bond acceptors (Lipinski definition) is 3. The first-order chi connectivity index (χ1) is 11.3. The molecule has 5 nitrogen and oxygen atoms in total. The van der Waals surface area contributed by atoms with E-state index in [0.29, 0.717) is 6.42 Å². The summed E-state index contributed by atoms with van der Waals surface area (Å²) in [5.41, 5.74) is 2.15. The van der Waals surface area contributed by atoms with Gasteiger partial charge in [-0.05, 0) is 30.9 Å². The maximum Gasteiger partial charge on any atom is 0.315 e. The summed E-state index contributed by atoms with van der Waals surface area (Å²) in [6.45, 7) is -0.0933. The molecule has 1 aliphatic rings. The van der Waals surface area contributed by atoms with E-state index in [4.69, 9.17) is 4.42 Å². The number of hydrogen-bond donors (Lipinski definition) is 3. The van der Waals surface area contributed by atoms with Gasteiger partial charge in [-0.2, -0.15) is 0 Å². The van der Waals surface area contributed by atoms with Gasteiger partial charge in [-0.1, -0.05) is 30.3 Å². The lowest BCUT2D eigenvalue weighted by atomic mass is 9.93. The van der Waals surface area contributed by atoms with Crippen molar-refractivity contribution in [3.63, 3.8) is 0 Å². The Hall–Kier alpha value is -2.27. The number of nitrogens with one attached hydrogen (secondary N) is 2. The summed E-state index contributed by atoms with van der Waals surface area (Å²) in [6, 6.07) is 11.2. The van der Waals surface area contributed by atoms with Gasteiger partial charge in [0.05, 0.1) is 25.0 Å². The third-order valence-electron chi connectivity index (χ3n) is 4.24. The van der Waals surface area contributed by atoms with Crippen molar-refractivity contribution in [2.75, 3.05) is 6.61 Å². The second kappa shape index (κ2) is 7.33. The normalized spacial score (nSPS) is 18.0. The van der Waals surface area contributed by atoms with Gasteiger partial charge in [0.25, 0.3) is 0 Å². The van der Waals surface area contributed by atoms with Gasteiger partial charge in [0, 0.05) is 12.0 Å². The highest BCUT2D eigenvalue weighted by Gasteiger charge is 2.24. The van der Waals surface area contributed by atoms with E-state index in [1.807, 2.05) is 36.4 Å². The van der Waals surface area contributed by atoms with E-state index >= 15 is 0 Å². The monoisotopic (exact) mass is 314 g/mol. The molecule has 2 atom stereocenters. The highest BCUT2D eigenvalue weighted by Crippen LogP contribution is 2.30. The number of benzene rings is 1. The minimum absolute atomic E-state index is 0.0198. The Bertz CT molecular complexity index is 639. The van der Waals surface area contributed by atoms with Gasteiger partial charge in [-0.15, -0.1) is 0 Å². The molecule has 0 saturated heterocycles. The van der Waals surface area contributed by atoms with E-state index in [1.54, 1.807) is 6.26 Å². The van der Waals surface area contributed by atoms with E-state index in [2.05, 4.69) is 10.6 Å². The molecule has 23 heavy (non-hydrogen) atoms. The Balaban J connectivity index is 1.56. The zero-order chi connectivity index (χ0) is 16.1. The predicted molar refractivity (Wildman–Crippen MR) is 87.1 cm³/mol. The van der Waals surface area contributed by atoms with Crippen molar-refractivity contribution >= 4 is 6.03 Å². The average Bonchev–Trinajstić information content (AvgIpc) is 3.05. The summed E-state index contributed by atoms with van der Waals surface area (Å²) in [5, 5.41) is 15.4. The number of carbonyl (C=O) groups excluding carboxylic acids is 1. The Morgan fingerprint density at radius 2 is 2.13 bits per heavy atom. The van der Waals surface area contributed by atoms with E-state index in [9.17, 15) is 9.90 Å². The number of aryl methyl sites for hydroxylation is 1. The van der Waals surface area contributed by atoms with E-state index in [1.165, 1.54) is 0 Å². The second-order valence-corrected chi connectivity index (χ2v) is 5.93. The molecule has 0 fully saturated rings. The smallest absolute Gasteiger partial charge is 0.315 e. The van der Waals surface area contributed by atoms with Crippen LogP contribution in [-0.2, 0) is 12.8 Å². The first-order valence-corrected chi connectivity index (χ1v) is 8.04. The topological polar surface area (TPSA) is 74.5 Å². The fourth-order valence-corrected chi connectivity index (χ4v) is 3.08. The molecule has 5 heteroatoms. The molecule has 0 bridgehead atoms. The second-order valence-electron chi connectivity index (χ2n) is 5.93.